The highest BCUT2D eigenvalue weighted by Gasteiger charge is 2.43. The van der Waals surface area contributed by atoms with E-state index in [2.05, 4.69) is 19.4 Å². The quantitative estimate of drug-likeness (QED) is 0.541. The van der Waals surface area contributed by atoms with Gasteiger partial charge in [0.15, 0.2) is 5.82 Å². The summed E-state index contributed by atoms with van der Waals surface area (Å²) in [6.45, 7) is 1.95. The number of sulfonamides is 1. The summed E-state index contributed by atoms with van der Waals surface area (Å²) in [4.78, 5) is 8.54. The van der Waals surface area contributed by atoms with Gasteiger partial charge in [-0.2, -0.15) is 13.4 Å². The molecule has 2 fully saturated rings. The highest BCUT2D eigenvalue weighted by atomic mass is 32.2. The Morgan fingerprint density at radius 1 is 1.14 bits per heavy atom. The van der Waals surface area contributed by atoms with Crippen LogP contribution in [-0.4, -0.2) is 57.0 Å². The first-order chi connectivity index (χ1) is 13.4. The van der Waals surface area contributed by atoms with E-state index < -0.39 is 10.0 Å². The lowest BCUT2D eigenvalue weighted by atomic mass is 10.1. The van der Waals surface area contributed by atoms with Gasteiger partial charge in [-0.05, 0) is 49.3 Å². The van der Waals surface area contributed by atoms with E-state index in [1.54, 1.807) is 31.1 Å². The minimum absolute atomic E-state index is 0.193. The predicted molar refractivity (Wildman–Crippen MR) is 106 cm³/mol. The first kappa shape index (κ1) is 18.9. The largest absolute Gasteiger partial charge is 0.368 e. The Morgan fingerprint density at radius 2 is 1.86 bits per heavy atom. The molecule has 28 heavy (non-hydrogen) atoms. The van der Waals surface area contributed by atoms with E-state index in [1.807, 2.05) is 12.1 Å². The summed E-state index contributed by atoms with van der Waals surface area (Å²) < 4.78 is 33.5. The summed E-state index contributed by atoms with van der Waals surface area (Å²) >= 11 is 0. The number of benzene rings is 1. The second kappa shape index (κ2) is 7.54. The van der Waals surface area contributed by atoms with Gasteiger partial charge in [-0.3, -0.25) is 0 Å². The molecule has 4 rings (SSSR count). The van der Waals surface area contributed by atoms with Crippen molar-refractivity contribution in [1.29, 1.82) is 0 Å². The number of anilines is 1. The van der Waals surface area contributed by atoms with Crippen LogP contribution in [-0.2, 0) is 10.0 Å². The van der Waals surface area contributed by atoms with Gasteiger partial charge in [-0.15, -0.1) is 4.40 Å². The summed E-state index contributed by atoms with van der Waals surface area (Å²) in [5.41, 5.74) is 1.09. The van der Waals surface area contributed by atoms with E-state index in [0.29, 0.717) is 11.9 Å². The van der Waals surface area contributed by atoms with Gasteiger partial charge >= 0.3 is 6.01 Å². The smallest absolute Gasteiger partial charge is 0.324 e. The molecule has 1 aliphatic heterocycles. The first-order valence-electron chi connectivity index (χ1n) is 9.59. The third-order valence-electron chi connectivity index (χ3n) is 5.20. The van der Waals surface area contributed by atoms with Crippen LogP contribution in [0, 0.1) is 0 Å². The average Bonchev–Trinajstić information content (AvgIpc) is 3.35. The minimum atomic E-state index is -3.67. The average molecular weight is 404 g/mol. The van der Waals surface area contributed by atoms with Gasteiger partial charge in [0.2, 0.25) is 0 Å². The predicted octanol–water partition coefficient (Wildman–Crippen LogP) is 2.61. The van der Waals surface area contributed by atoms with Crippen LogP contribution in [0.15, 0.2) is 38.1 Å². The van der Waals surface area contributed by atoms with Gasteiger partial charge in [0, 0.05) is 33.1 Å². The topological polar surface area (TPSA) is 91.9 Å². The molecule has 0 N–H and O–H groups in total. The molecular weight excluding hydrogens is 378 g/mol. The lowest BCUT2D eigenvalue weighted by Crippen LogP contribution is -2.29. The van der Waals surface area contributed by atoms with Gasteiger partial charge in [-0.1, -0.05) is 17.3 Å². The molecule has 0 radical (unpaired) electrons. The summed E-state index contributed by atoms with van der Waals surface area (Å²) in [6.07, 6.45) is 5.82. The second-order valence-corrected chi connectivity index (χ2v) is 9.29. The number of hydrogen-bond donors (Lipinski definition) is 0. The van der Waals surface area contributed by atoms with Crippen LogP contribution in [0.3, 0.4) is 0 Å². The van der Waals surface area contributed by atoms with E-state index in [1.165, 1.54) is 12.8 Å². The van der Waals surface area contributed by atoms with E-state index in [9.17, 15) is 8.42 Å². The highest BCUT2D eigenvalue weighted by molar-refractivity contribution is 7.90. The van der Waals surface area contributed by atoms with Gasteiger partial charge in [0.25, 0.3) is 10.0 Å². The normalized spacial score (nSPS) is 22.6. The zero-order valence-electron chi connectivity index (χ0n) is 16.2. The zero-order chi connectivity index (χ0) is 19.7. The second-order valence-electron chi connectivity index (χ2n) is 7.66. The molecule has 2 aromatic rings. The van der Waals surface area contributed by atoms with E-state index >= 15 is 0 Å². The minimum Gasteiger partial charge on any atom is -0.368 e. The Morgan fingerprint density at radius 3 is 2.54 bits per heavy atom. The van der Waals surface area contributed by atoms with Crippen LogP contribution in [0.4, 0.5) is 6.01 Å². The number of nitrogens with zero attached hydrogens (tertiary/aromatic N) is 5. The van der Waals surface area contributed by atoms with Crippen LogP contribution >= 0.6 is 0 Å². The molecule has 1 saturated carbocycles. The third-order valence-corrected chi connectivity index (χ3v) is 6.44. The maximum absolute atomic E-state index is 12.2. The molecule has 0 spiro atoms. The lowest BCUT2D eigenvalue weighted by Gasteiger charge is -2.23. The molecule has 1 aromatic heterocycles. The van der Waals surface area contributed by atoms with Crippen molar-refractivity contribution in [2.75, 3.05) is 32.1 Å². The first-order valence-corrected chi connectivity index (χ1v) is 11.0. The summed E-state index contributed by atoms with van der Waals surface area (Å²) in [6, 6.07) is 7.56. The summed E-state index contributed by atoms with van der Waals surface area (Å²) in [5.74, 6) is 1.28. The molecule has 0 unspecified atom stereocenters. The molecule has 9 heteroatoms. The molecule has 1 aliphatic carbocycles. The van der Waals surface area contributed by atoms with Gasteiger partial charge in [0.1, 0.15) is 6.34 Å². The third kappa shape index (κ3) is 4.04. The van der Waals surface area contributed by atoms with Crippen molar-refractivity contribution in [1.82, 2.24) is 15.0 Å². The Bertz CT molecular complexity index is 946. The van der Waals surface area contributed by atoms with Crippen LogP contribution in [0.1, 0.15) is 48.9 Å². The van der Waals surface area contributed by atoms with Crippen LogP contribution in [0.2, 0.25) is 0 Å². The Kier molecular flexibility index (Phi) is 5.09. The van der Waals surface area contributed by atoms with Crippen LogP contribution in [0.5, 0.6) is 0 Å². The fourth-order valence-electron chi connectivity index (χ4n) is 3.54. The Hall–Kier alpha value is -2.42. The van der Waals surface area contributed by atoms with Crippen LogP contribution in [0.25, 0.3) is 0 Å². The molecule has 0 amide bonds. The van der Waals surface area contributed by atoms with Crippen molar-refractivity contribution in [3.63, 3.8) is 0 Å². The molecule has 1 saturated heterocycles. The van der Waals surface area contributed by atoms with Gasteiger partial charge in [0.05, 0.1) is 4.90 Å². The maximum Gasteiger partial charge on any atom is 0.324 e. The lowest BCUT2D eigenvalue weighted by molar-refractivity contribution is 0.396. The molecule has 2 aliphatic rings. The van der Waals surface area contributed by atoms with Gasteiger partial charge < -0.3 is 14.3 Å². The standard InChI is InChI=1S/C19H25N5O3S/c1-23(2)13-20-28(25,26)15-8-6-14(7-9-15)16-12-17(16)18-21-19(27-22-18)24-10-4-3-5-11-24/h6-9,13,16-17H,3-5,10-12H2,1-2H3/b20-13+/t16-,17+/m0/s1. The molecular formula is C19H25N5O3S. The van der Waals surface area contributed by atoms with Crippen molar-refractivity contribution < 1.29 is 12.9 Å². The fourth-order valence-corrected chi connectivity index (χ4v) is 4.46. The molecule has 150 valence electrons. The van der Waals surface area contributed by atoms with Crippen LogP contribution < -0.4 is 4.90 Å². The summed E-state index contributed by atoms with van der Waals surface area (Å²) in [5, 5.41) is 4.18. The monoisotopic (exact) mass is 403 g/mol. The molecule has 8 nitrogen and oxygen atoms in total. The number of rotatable bonds is 6. The van der Waals surface area contributed by atoms with Crippen molar-refractivity contribution in [2.24, 2.45) is 4.40 Å². The van der Waals surface area contributed by atoms with E-state index in [4.69, 9.17) is 4.52 Å². The summed E-state index contributed by atoms with van der Waals surface area (Å²) in [7, 11) is -0.217. The van der Waals surface area contributed by atoms with E-state index in [0.717, 1.165) is 43.7 Å². The molecule has 2 heterocycles. The molecule has 2 atom stereocenters. The van der Waals surface area contributed by atoms with Crippen molar-refractivity contribution in [3.8, 4) is 0 Å². The van der Waals surface area contributed by atoms with Crippen molar-refractivity contribution >= 4 is 22.4 Å². The fraction of sp³-hybridized carbons (Fsp3) is 0.526. The Balaban J connectivity index is 1.42. The number of hydrogen-bond acceptors (Lipinski definition) is 6. The van der Waals surface area contributed by atoms with Gasteiger partial charge in [-0.25, -0.2) is 0 Å². The van der Waals surface area contributed by atoms with Crippen molar-refractivity contribution in [3.05, 3.63) is 35.7 Å². The molecule has 1 aromatic carbocycles. The maximum atomic E-state index is 12.2. The number of piperidine rings is 1. The molecule has 0 bridgehead atoms. The van der Waals surface area contributed by atoms with E-state index in [-0.39, 0.29) is 10.8 Å². The highest BCUT2D eigenvalue weighted by Crippen LogP contribution is 2.53. The number of aromatic nitrogens is 2. The SMILES string of the molecule is CN(C)/C=N/S(=O)(=O)c1ccc([C@@H]2C[C@H]2c2noc(N3CCCCC3)n2)cc1. The Labute approximate surface area is 165 Å². The van der Waals surface area contributed by atoms with Crippen molar-refractivity contribution in [2.45, 2.75) is 42.4 Å². The zero-order valence-corrected chi connectivity index (χ0v) is 17.0.